The highest BCUT2D eigenvalue weighted by Gasteiger charge is 2.61. The van der Waals surface area contributed by atoms with Gasteiger partial charge in [0.05, 0.1) is 5.41 Å². The van der Waals surface area contributed by atoms with Crippen LogP contribution in [-0.4, -0.2) is 53.7 Å². The Hall–Kier alpha value is -1.20. The van der Waals surface area contributed by atoms with Gasteiger partial charge in [-0.25, -0.2) is 8.78 Å². The Morgan fingerprint density at radius 2 is 1.58 bits per heavy atom. The summed E-state index contributed by atoms with van der Waals surface area (Å²) in [7, 11) is 0. The van der Waals surface area contributed by atoms with Gasteiger partial charge in [-0.2, -0.15) is 0 Å². The molecule has 0 atom stereocenters. The summed E-state index contributed by atoms with van der Waals surface area (Å²) in [6.07, 6.45) is 2.72. The quantitative estimate of drug-likeness (QED) is 0.757. The summed E-state index contributed by atoms with van der Waals surface area (Å²) in [5.41, 5.74) is -0.755. The van der Waals surface area contributed by atoms with Gasteiger partial charge in [0.1, 0.15) is 0 Å². The van der Waals surface area contributed by atoms with Gasteiger partial charge in [0.25, 0.3) is 0 Å². The number of hydrogen-bond acceptors (Lipinski definition) is 2. The van der Waals surface area contributed by atoms with Gasteiger partial charge in [-0.05, 0) is 18.3 Å². The number of hydrogen-bond donors (Lipinski definition) is 0. The summed E-state index contributed by atoms with van der Waals surface area (Å²) in [5.74, 6) is -2.56. The molecular formula is C20H32F2N2O2. The zero-order valence-corrected chi connectivity index (χ0v) is 16.5. The molecule has 0 aromatic carbocycles. The van der Waals surface area contributed by atoms with Crippen LogP contribution in [0.2, 0.25) is 0 Å². The van der Waals surface area contributed by atoms with Crippen LogP contribution in [0.4, 0.5) is 8.78 Å². The normalized spacial score (nSPS) is 26.2. The highest BCUT2D eigenvalue weighted by molar-refractivity contribution is 5.84. The zero-order valence-electron chi connectivity index (χ0n) is 16.5. The first-order valence-electron chi connectivity index (χ1n) is 9.84. The third-order valence-corrected chi connectivity index (χ3v) is 6.92. The molecule has 26 heavy (non-hydrogen) atoms. The third-order valence-electron chi connectivity index (χ3n) is 6.92. The number of amides is 2. The highest BCUT2D eigenvalue weighted by Crippen LogP contribution is 2.54. The Labute approximate surface area is 155 Å². The van der Waals surface area contributed by atoms with Crippen molar-refractivity contribution in [1.29, 1.82) is 0 Å². The number of likely N-dealkylation sites (tertiary alicyclic amines) is 2. The molecule has 0 aromatic rings. The first kappa shape index (κ1) is 19.6. The second-order valence-electron chi connectivity index (χ2n) is 10.0. The molecule has 0 N–H and O–H groups in total. The van der Waals surface area contributed by atoms with Crippen molar-refractivity contribution >= 4 is 11.8 Å². The van der Waals surface area contributed by atoms with Crippen molar-refractivity contribution < 1.29 is 18.4 Å². The van der Waals surface area contributed by atoms with Crippen LogP contribution in [0, 0.1) is 16.2 Å². The predicted molar refractivity (Wildman–Crippen MR) is 95.8 cm³/mol. The second-order valence-corrected chi connectivity index (χ2v) is 10.0. The highest BCUT2D eigenvalue weighted by atomic mass is 19.3. The monoisotopic (exact) mass is 370 g/mol. The van der Waals surface area contributed by atoms with Gasteiger partial charge >= 0.3 is 0 Å². The van der Waals surface area contributed by atoms with Crippen LogP contribution in [0.1, 0.15) is 66.2 Å². The second kappa shape index (κ2) is 6.16. The van der Waals surface area contributed by atoms with E-state index in [9.17, 15) is 18.4 Å². The topological polar surface area (TPSA) is 40.6 Å². The number of nitrogens with zero attached hydrogens (tertiary/aromatic N) is 2. The Balaban J connectivity index is 1.47. The van der Waals surface area contributed by atoms with Gasteiger partial charge in [-0.1, -0.05) is 34.1 Å². The van der Waals surface area contributed by atoms with Crippen molar-refractivity contribution in [2.75, 3.05) is 26.2 Å². The lowest BCUT2D eigenvalue weighted by Crippen LogP contribution is -2.66. The van der Waals surface area contributed by atoms with E-state index in [4.69, 9.17) is 0 Å². The van der Waals surface area contributed by atoms with E-state index < -0.39 is 11.3 Å². The number of alkyl halides is 2. The minimum atomic E-state index is -2.68. The number of halogens is 2. The summed E-state index contributed by atoms with van der Waals surface area (Å²) in [6.45, 7) is 10.8. The van der Waals surface area contributed by atoms with Crippen LogP contribution >= 0.6 is 0 Å². The summed E-state index contributed by atoms with van der Waals surface area (Å²) < 4.78 is 26.4. The molecule has 3 fully saturated rings. The molecular weight excluding hydrogens is 338 g/mol. The SMILES string of the molecule is CCC(C)(C)CC(=O)N1CCC2(CC1)CN(C(=O)C1(C)CC(F)(F)C1)C2. The maximum Gasteiger partial charge on any atom is 0.250 e. The molecule has 2 aliphatic heterocycles. The van der Waals surface area contributed by atoms with Crippen molar-refractivity contribution in [2.24, 2.45) is 16.2 Å². The van der Waals surface area contributed by atoms with Crippen LogP contribution in [0.15, 0.2) is 0 Å². The standard InChI is InChI=1S/C20H32F2N2O2/c1-5-17(2,3)10-15(25)23-8-6-19(7-9-23)13-24(14-19)16(26)18(4)11-20(21,22)12-18/h5-14H2,1-4H3. The summed E-state index contributed by atoms with van der Waals surface area (Å²) >= 11 is 0. The average Bonchev–Trinajstić information content (AvgIpc) is 2.49. The van der Waals surface area contributed by atoms with Crippen LogP contribution in [0.25, 0.3) is 0 Å². The van der Waals surface area contributed by atoms with Gasteiger partial charge in [0.15, 0.2) is 0 Å². The smallest absolute Gasteiger partial charge is 0.250 e. The lowest BCUT2D eigenvalue weighted by molar-refractivity contribution is -0.194. The van der Waals surface area contributed by atoms with Gasteiger partial charge < -0.3 is 9.80 Å². The van der Waals surface area contributed by atoms with E-state index in [0.717, 1.165) is 32.4 Å². The van der Waals surface area contributed by atoms with Crippen molar-refractivity contribution in [3.63, 3.8) is 0 Å². The van der Waals surface area contributed by atoms with E-state index in [1.807, 2.05) is 4.90 Å². The number of carbonyl (C=O) groups excluding carboxylic acids is 2. The minimum Gasteiger partial charge on any atom is -0.343 e. The molecule has 3 rings (SSSR count). The Morgan fingerprint density at radius 1 is 1.04 bits per heavy atom. The van der Waals surface area contributed by atoms with Crippen LogP contribution in [0.3, 0.4) is 0 Å². The van der Waals surface area contributed by atoms with Gasteiger partial charge in [-0.15, -0.1) is 0 Å². The maximum absolute atomic E-state index is 13.2. The molecule has 3 aliphatic rings. The van der Waals surface area contributed by atoms with Crippen LogP contribution in [0.5, 0.6) is 0 Å². The molecule has 2 amide bonds. The largest absolute Gasteiger partial charge is 0.343 e. The lowest BCUT2D eigenvalue weighted by atomic mass is 9.64. The van der Waals surface area contributed by atoms with Gasteiger partial charge in [0, 0.05) is 50.9 Å². The molecule has 1 saturated carbocycles. The molecule has 1 aliphatic carbocycles. The third kappa shape index (κ3) is 3.61. The fourth-order valence-electron chi connectivity index (χ4n) is 4.72. The van der Waals surface area contributed by atoms with Crippen LogP contribution in [-0.2, 0) is 9.59 Å². The van der Waals surface area contributed by atoms with Crippen molar-refractivity contribution in [3.05, 3.63) is 0 Å². The molecule has 6 heteroatoms. The van der Waals surface area contributed by atoms with Crippen molar-refractivity contribution in [2.45, 2.75) is 72.1 Å². The number of carbonyl (C=O) groups is 2. The molecule has 0 radical (unpaired) electrons. The maximum atomic E-state index is 13.2. The zero-order chi connectivity index (χ0) is 19.4. The van der Waals surface area contributed by atoms with Gasteiger partial charge in [-0.3, -0.25) is 9.59 Å². The van der Waals surface area contributed by atoms with E-state index in [1.54, 1.807) is 11.8 Å². The molecule has 4 nitrogen and oxygen atoms in total. The lowest BCUT2D eigenvalue weighted by Gasteiger charge is -2.57. The minimum absolute atomic E-state index is 0.0339. The van der Waals surface area contributed by atoms with E-state index in [-0.39, 0.29) is 35.5 Å². The van der Waals surface area contributed by atoms with Crippen molar-refractivity contribution in [3.8, 4) is 0 Å². The van der Waals surface area contributed by atoms with E-state index in [2.05, 4.69) is 20.8 Å². The average molecular weight is 370 g/mol. The predicted octanol–water partition coefficient (Wildman–Crippen LogP) is 3.70. The molecule has 1 spiro atoms. The summed E-state index contributed by atoms with van der Waals surface area (Å²) in [4.78, 5) is 28.7. The Morgan fingerprint density at radius 3 is 2.04 bits per heavy atom. The Kier molecular flexibility index (Phi) is 4.64. The number of piperidine rings is 1. The Bertz CT molecular complexity index is 579. The molecule has 2 saturated heterocycles. The van der Waals surface area contributed by atoms with E-state index in [0.29, 0.717) is 19.5 Å². The van der Waals surface area contributed by atoms with Crippen LogP contribution < -0.4 is 0 Å². The molecule has 2 heterocycles. The van der Waals surface area contributed by atoms with Gasteiger partial charge in [0.2, 0.25) is 17.7 Å². The van der Waals surface area contributed by atoms with E-state index in [1.165, 1.54) is 0 Å². The molecule has 0 aromatic heterocycles. The fraction of sp³-hybridized carbons (Fsp3) is 0.900. The molecule has 148 valence electrons. The van der Waals surface area contributed by atoms with Crippen molar-refractivity contribution in [1.82, 2.24) is 9.80 Å². The summed E-state index contributed by atoms with van der Waals surface area (Å²) in [5, 5.41) is 0. The summed E-state index contributed by atoms with van der Waals surface area (Å²) in [6, 6.07) is 0. The molecule has 0 bridgehead atoms. The number of rotatable bonds is 4. The van der Waals surface area contributed by atoms with E-state index >= 15 is 0 Å². The first-order chi connectivity index (χ1) is 11.9. The first-order valence-corrected chi connectivity index (χ1v) is 9.84. The fourth-order valence-corrected chi connectivity index (χ4v) is 4.72. The molecule has 0 unspecified atom stereocenters.